The summed E-state index contributed by atoms with van der Waals surface area (Å²) in [5.41, 5.74) is 5.30. The number of allylic oxidation sites excluding steroid dienone is 2. The first-order valence-corrected chi connectivity index (χ1v) is 15.9. The Morgan fingerprint density at radius 1 is 0.833 bits per heavy atom. The van der Waals surface area contributed by atoms with Crippen LogP contribution >= 0.6 is 0 Å². The number of rotatable bonds is 11. The van der Waals surface area contributed by atoms with Crippen LogP contribution in [0.15, 0.2) is 42.4 Å². The van der Waals surface area contributed by atoms with Crippen LogP contribution in [-0.2, 0) is 22.5 Å². The van der Waals surface area contributed by atoms with E-state index in [-0.39, 0.29) is 0 Å². The van der Waals surface area contributed by atoms with E-state index in [2.05, 4.69) is 93.8 Å². The number of hydroxylamine groups is 2. The normalized spacial score (nSPS) is 19.5. The van der Waals surface area contributed by atoms with Crippen LogP contribution in [0.2, 0.25) is 0 Å². The highest BCUT2D eigenvalue weighted by molar-refractivity contribution is 5.58. The first-order chi connectivity index (χ1) is 20.5. The third kappa shape index (κ3) is 8.16. The van der Waals surface area contributed by atoms with Crippen molar-refractivity contribution >= 4 is 18.2 Å². The van der Waals surface area contributed by atoms with Crippen LogP contribution in [0.4, 0.5) is 0 Å². The van der Waals surface area contributed by atoms with Crippen LogP contribution in [0.1, 0.15) is 41.6 Å². The molecule has 1 aromatic heterocycles. The molecule has 0 unspecified atom stereocenters. The predicted molar refractivity (Wildman–Crippen MR) is 173 cm³/mol. The largest absolute Gasteiger partial charge is 0.501 e. The van der Waals surface area contributed by atoms with E-state index in [0.29, 0.717) is 0 Å². The number of hydrogen-bond acceptors (Lipinski definition) is 6. The first-order valence-electron chi connectivity index (χ1n) is 15.9. The lowest BCUT2D eigenvalue weighted by Gasteiger charge is -2.32. The van der Waals surface area contributed by atoms with Crippen LogP contribution in [0.25, 0.3) is 18.2 Å². The van der Waals surface area contributed by atoms with Crippen molar-refractivity contribution in [2.75, 3.05) is 79.6 Å². The zero-order valence-electron chi connectivity index (χ0n) is 26.4. The molecule has 7 nitrogen and oxygen atoms in total. The summed E-state index contributed by atoms with van der Waals surface area (Å²) in [6.45, 7) is 16.4. The van der Waals surface area contributed by atoms with E-state index >= 15 is 0 Å². The van der Waals surface area contributed by atoms with E-state index in [4.69, 9.17) is 9.57 Å². The minimum absolute atomic E-state index is 0.803. The topological polar surface area (TPSA) is 36.4 Å². The monoisotopic (exact) mass is 573 g/mol. The van der Waals surface area contributed by atoms with Crippen molar-refractivity contribution in [1.29, 1.82) is 0 Å². The Morgan fingerprint density at radius 3 is 2.38 bits per heavy atom. The molecule has 2 saturated heterocycles. The summed E-state index contributed by atoms with van der Waals surface area (Å²) >= 11 is 0. The van der Waals surface area contributed by atoms with E-state index in [1.807, 2.05) is 6.26 Å². The summed E-state index contributed by atoms with van der Waals surface area (Å²) in [6.07, 6.45) is 14.9. The van der Waals surface area contributed by atoms with Gasteiger partial charge in [0.1, 0.15) is 6.26 Å². The van der Waals surface area contributed by atoms with Crippen LogP contribution in [0.5, 0.6) is 0 Å². The number of aryl methyl sites for hydroxylation is 1. The number of hydrogen-bond donors (Lipinski definition) is 0. The summed E-state index contributed by atoms with van der Waals surface area (Å²) in [7, 11) is 3.98. The number of fused-ring (bicyclic) bond motifs is 1. The number of methoxy groups -OCH3 is 1. The van der Waals surface area contributed by atoms with Crippen molar-refractivity contribution in [2.24, 2.45) is 0 Å². The molecule has 2 aromatic rings. The highest BCUT2D eigenvalue weighted by Crippen LogP contribution is 2.13. The van der Waals surface area contributed by atoms with E-state index in [0.717, 1.165) is 77.3 Å². The van der Waals surface area contributed by atoms with Gasteiger partial charge in [-0.2, -0.15) is 0 Å². The van der Waals surface area contributed by atoms with Crippen molar-refractivity contribution < 1.29 is 9.57 Å². The molecule has 0 spiro atoms. The third-order valence-corrected chi connectivity index (χ3v) is 9.13. The molecule has 3 aliphatic rings. The molecule has 0 N–H and O–H groups in total. The minimum Gasteiger partial charge on any atom is -0.501 e. The van der Waals surface area contributed by atoms with Crippen LogP contribution < -0.4 is 10.6 Å². The van der Waals surface area contributed by atoms with Gasteiger partial charge in [-0.25, -0.2) is 0 Å². The van der Waals surface area contributed by atoms with E-state index in [1.165, 1.54) is 59.1 Å². The summed E-state index contributed by atoms with van der Waals surface area (Å²) in [4.78, 5) is 13.8. The molecular weight excluding hydrogens is 522 g/mol. The maximum atomic E-state index is 6.23. The first kappa shape index (κ1) is 30.6. The van der Waals surface area contributed by atoms with Gasteiger partial charge in [-0.3, -0.25) is 0 Å². The van der Waals surface area contributed by atoms with Crippen molar-refractivity contribution in [3.05, 3.63) is 75.3 Å². The third-order valence-electron chi connectivity index (χ3n) is 9.13. The Bertz CT molecular complexity index is 1330. The average Bonchev–Trinajstić information content (AvgIpc) is 3.21. The summed E-state index contributed by atoms with van der Waals surface area (Å²) in [5, 5.41) is 4.69. The maximum absolute atomic E-state index is 6.23. The Kier molecular flexibility index (Phi) is 11.0. The molecule has 5 rings (SSSR count). The van der Waals surface area contributed by atoms with Gasteiger partial charge in [-0.1, -0.05) is 35.9 Å². The zero-order valence-corrected chi connectivity index (χ0v) is 26.4. The van der Waals surface area contributed by atoms with E-state index in [1.54, 1.807) is 7.11 Å². The predicted octanol–water partition coefficient (Wildman–Crippen LogP) is 3.39. The minimum atomic E-state index is 0.803. The number of aromatic nitrogens is 1. The number of nitrogens with zero attached hydrogens (tertiary/aromatic N) is 5. The van der Waals surface area contributed by atoms with E-state index in [9.17, 15) is 0 Å². The fourth-order valence-electron chi connectivity index (χ4n) is 6.32. The Labute approximate surface area is 252 Å². The average molecular weight is 574 g/mol. The van der Waals surface area contributed by atoms with Crippen LogP contribution in [-0.4, -0.2) is 104 Å². The molecule has 228 valence electrons. The summed E-state index contributed by atoms with van der Waals surface area (Å²) in [5.74, 6) is 0.996. The van der Waals surface area contributed by atoms with Gasteiger partial charge in [0.2, 0.25) is 0 Å². The van der Waals surface area contributed by atoms with Crippen molar-refractivity contribution in [3.8, 4) is 0 Å². The summed E-state index contributed by atoms with van der Waals surface area (Å²) < 4.78 is 8.10. The zero-order chi connectivity index (χ0) is 29.3. The molecule has 0 bridgehead atoms. The second-order valence-corrected chi connectivity index (χ2v) is 12.1. The molecule has 1 aromatic carbocycles. The quantitative estimate of drug-likeness (QED) is 0.384. The van der Waals surface area contributed by atoms with Gasteiger partial charge in [0.05, 0.1) is 12.9 Å². The molecule has 0 radical (unpaired) electrons. The van der Waals surface area contributed by atoms with Crippen molar-refractivity contribution in [1.82, 2.24) is 24.3 Å². The second kappa shape index (κ2) is 15.1. The van der Waals surface area contributed by atoms with Gasteiger partial charge in [0, 0.05) is 87.1 Å². The molecule has 2 aliphatic heterocycles. The molecular formula is C35H51N5O2. The van der Waals surface area contributed by atoms with Gasteiger partial charge < -0.3 is 28.8 Å². The molecule has 0 atom stereocenters. The van der Waals surface area contributed by atoms with Crippen molar-refractivity contribution in [3.63, 3.8) is 0 Å². The number of benzene rings is 1. The van der Waals surface area contributed by atoms with Gasteiger partial charge in [-0.15, -0.1) is 5.06 Å². The SMILES string of the molecule is COC1=CC=c2c(c(/C=C/ON3CCCN(CCc4ccc(C)cc4)CC3)c(C)n2CCCN2CCN(C)CC2)=CC1. The fraction of sp³-hybridized carbons (Fsp3) is 0.543. The lowest BCUT2D eigenvalue weighted by molar-refractivity contribution is -0.0979. The van der Waals surface area contributed by atoms with Gasteiger partial charge in [0.25, 0.3) is 0 Å². The second-order valence-electron chi connectivity index (χ2n) is 12.1. The van der Waals surface area contributed by atoms with Crippen LogP contribution in [0, 0.1) is 13.8 Å². The van der Waals surface area contributed by atoms with E-state index < -0.39 is 0 Å². The smallest absolute Gasteiger partial charge is 0.112 e. The summed E-state index contributed by atoms with van der Waals surface area (Å²) in [6, 6.07) is 8.95. The van der Waals surface area contributed by atoms with Gasteiger partial charge in [0.15, 0.2) is 0 Å². The molecule has 0 saturated carbocycles. The van der Waals surface area contributed by atoms with Crippen molar-refractivity contribution in [2.45, 2.75) is 46.1 Å². The Morgan fingerprint density at radius 2 is 1.60 bits per heavy atom. The Balaban J connectivity index is 1.20. The molecule has 3 heterocycles. The van der Waals surface area contributed by atoms with Gasteiger partial charge in [-0.05, 0) is 77.0 Å². The fourth-order valence-corrected chi connectivity index (χ4v) is 6.32. The molecule has 0 amide bonds. The number of likely N-dealkylation sites (N-methyl/N-ethyl adjacent to an activating group) is 1. The van der Waals surface area contributed by atoms with Crippen LogP contribution in [0.3, 0.4) is 0 Å². The Hall–Kier alpha value is -2.84. The molecule has 7 heteroatoms. The molecule has 42 heavy (non-hydrogen) atoms. The molecule has 2 fully saturated rings. The lowest BCUT2D eigenvalue weighted by atomic mass is 10.1. The highest BCUT2D eigenvalue weighted by atomic mass is 16.7. The number of ether oxygens (including phenoxy) is 1. The standard InChI is InChI=1S/C35H51N5O2/c1-29-7-9-31(10-8-29)15-21-37-17-5-19-39(27-26-37)42-28-16-33-30(2)40(20-6-18-38-24-22-36(3)23-25-38)35-14-12-32(41-4)11-13-34(33)35/h7-10,12-14,16,28H,5-6,11,15,17-27H2,1-4H3/b28-16+. The lowest BCUT2D eigenvalue weighted by Crippen LogP contribution is -2.44. The number of piperazine rings is 1. The van der Waals surface area contributed by atoms with Gasteiger partial charge >= 0.3 is 0 Å². The maximum Gasteiger partial charge on any atom is 0.112 e. The molecule has 1 aliphatic carbocycles. The highest BCUT2D eigenvalue weighted by Gasteiger charge is 2.17.